The largest absolute Gasteiger partial charge is 0.297 e. The Kier molecular flexibility index (Phi) is 4.98. The Morgan fingerprint density at radius 2 is 1.10 bits per heavy atom. The Morgan fingerprint density at radius 1 is 0.655 bits per heavy atom. The molecule has 0 amide bonds. The van der Waals surface area contributed by atoms with Crippen molar-refractivity contribution in [1.29, 1.82) is 0 Å². The maximum atomic E-state index is 13.6. The highest BCUT2D eigenvalue weighted by molar-refractivity contribution is 6.36. The first-order valence-electron chi connectivity index (χ1n) is 9.85. The van der Waals surface area contributed by atoms with Crippen LogP contribution in [0, 0.1) is 5.92 Å². The lowest BCUT2D eigenvalue weighted by molar-refractivity contribution is -0.120. The molecule has 1 aliphatic carbocycles. The van der Waals surface area contributed by atoms with Crippen LogP contribution in [0.1, 0.15) is 63.1 Å². The van der Waals surface area contributed by atoms with Crippen molar-refractivity contribution in [1.82, 2.24) is 0 Å². The lowest BCUT2D eigenvalue weighted by Crippen LogP contribution is -2.31. The second kappa shape index (κ2) is 7.59. The number of carbonyl (C=O) groups is 3. The van der Waals surface area contributed by atoms with Crippen molar-refractivity contribution < 1.29 is 14.4 Å². The Hall–Kier alpha value is -3.33. The van der Waals surface area contributed by atoms with Gasteiger partial charge < -0.3 is 0 Å². The van der Waals surface area contributed by atoms with Gasteiger partial charge in [0.2, 0.25) is 0 Å². The van der Waals surface area contributed by atoms with Crippen LogP contribution in [0.25, 0.3) is 0 Å². The van der Waals surface area contributed by atoms with Crippen LogP contribution in [0.15, 0.2) is 78.9 Å². The quantitative estimate of drug-likeness (QED) is 0.570. The summed E-state index contributed by atoms with van der Waals surface area (Å²) in [7, 11) is 0. The molecule has 0 spiro atoms. The van der Waals surface area contributed by atoms with E-state index in [0.717, 1.165) is 11.1 Å². The van der Waals surface area contributed by atoms with Gasteiger partial charge in [-0.25, -0.2) is 0 Å². The zero-order chi connectivity index (χ0) is 20.5. The van der Waals surface area contributed by atoms with Gasteiger partial charge in [0.1, 0.15) is 5.92 Å². The highest BCUT2D eigenvalue weighted by Gasteiger charge is 2.45. The van der Waals surface area contributed by atoms with Gasteiger partial charge in [-0.05, 0) is 22.6 Å². The van der Waals surface area contributed by atoms with Crippen LogP contribution in [0.5, 0.6) is 0 Å². The van der Waals surface area contributed by atoms with Crippen LogP contribution in [0.4, 0.5) is 0 Å². The molecule has 3 heteroatoms. The number of hydrogen-bond donors (Lipinski definition) is 0. The van der Waals surface area contributed by atoms with E-state index in [0.29, 0.717) is 17.0 Å². The average molecular weight is 382 g/mol. The molecule has 0 unspecified atom stereocenters. The van der Waals surface area contributed by atoms with Crippen LogP contribution in [-0.2, 0) is 4.79 Å². The molecule has 0 aromatic heterocycles. The van der Waals surface area contributed by atoms with Crippen molar-refractivity contribution in [3.05, 3.63) is 107 Å². The summed E-state index contributed by atoms with van der Waals surface area (Å²) in [4.78, 5) is 39.4. The number of fused-ring (bicyclic) bond motifs is 1. The molecule has 0 N–H and O–H groups in total. The second-order valence-electron chi connectivity index (χ2n) is 7.77. The number of ketones is 3. The molecule has 0 saturated carbocycles. The molecule has 29 heavy (non-hydrogen) atoms. The van der Waals surface area contributed by atoms with Crippen molar-refractivity contribution in [3.63, 3.8) is 0 Å². The Labute approximate surface area is 170 Å². The molecule has 0 heterocycles. The van der Waals surface area contributed by atoms with Crippen molar-refractivity contribution in [2.24, 2.45) is 5.92 Å². The molecule has 0 fully saturated rings. The SMILES string of the molecule is CC(C)c1ccc([C@@H](C(=O)C2C(=O)c3ccccc3C2=O)c2ccccc2)cc1. The van der Waals surface area contributed by atoms with Crippen molar-refractivity contribution in [2.45, 2.75) is 25.7 Å². The van der Waals surface area contributed by atoms with Gasteiger partial charge in [0, 0.05) is 11.1 Å². The van der Waals surface area contributed by atoms with Crippen molar-refractivity contribution >= 4 is 17.3 Å². The van der Waals surface area contributed by atoms with E-state index in [1.54, 1.807) is 24.3 Å². The van der Waals surface area contributed by atoms with Gasteiger partial charge in [0.15, 0.2) is 17.3 Å². The summed E-state index contributed by atoms with van der Waals surface area (Å²) in [5, 5.41) is 0. The topological polar surface area (TPSA) is 51.2 Å². The third-order valence-corrected chi connectivity index (χ3v) is 5.62. The molecule has 0 bridgehead atoms. The van der Waals surface area contributed by atoms with E-state index in [1.165, 1.54) is 5.56 Å². The monoisotopic (exact) mass is 382 g/mol. The number of benzene rings is 3. The fourth-order valence-corrected chi connectivity index (χ4v) is 4.01. The molecular weight excluding hydrogens is 360 g/mol. The first kappa shape index (κ1) is 19.0. The minimum absolute atomic E-state index is 0.345. The average Bonchev–Trinajstić information content (AvgIpc) is 3.00. The summed E-state index contributed by atoms with van der Waals surface area (Å²) in [6.07, 6.45) is 0. The molecular formula is C26H22O3. The van der Waals surface area contributed by atoms with Crippen LogP contribution in [-0.4, -0.2) is 17.3 Å². The van der Waals surface area contributed by atoms with E-state index >= 15 is 0 Å². The molecule has 3 aromatic rings. The lowest BCUT2D eigenvalue weighted by atomic mass is 9.80. The molecule has 3 nitrogen and oxygen atoms in total. The maximum absolute atomic E-state index is 13.6. The summed E-state index contributed by atoms with van der Waals surface area (Å²) >= 11 is 0. The maximum Gasteiger partial charge on any atom is 0.181 e. The van der Waals surface area contributed by atoms with E-state index in [1.807, 2.05) is 54.6 Å². The predicted molar refractivity (Wildman–Crippen MR) is 112 cm³/mol. The Morgan fingerprint density at radius 3 is 1.62 bits per heavy atom. The first-order chi connectivity index (χ1) is 14.0. The lowest BCUT2D eigenvalue weighted by Gasteiger charge is -2.20. The minimum Gasteiger partial charge on any atom is -0.297 e. The van der Waals surface area contributed by atoms with Gasteiger partial charge in [0.05, 0.1) is 5.92 Å². The number of carbonyl (C=O) groups excluding carboxylic acids is 3. The molecule has 3 aromatic carbocycles. The smallest absolute Gasteiger partial charge is 0.181 e. The molecule has 0 saturated heterocycles. The zero-order valence-corrected chi connectivity index (χ0v) is 16.5. The zero-order valence-electron chi connectivity index (χ0n) is 16.5. The second-order valence-corrected chi connectivity index (χ2v) is 7.77. The van der Waals surface area contributed by atoms with Gasteiger partial charge in [-0.2, -0.15) is 0 Å². The molecule has 0 aliphatic heterocycles. The van der Waals surface area contributed by atoms with Crippen LogP contribution in [0.3, 0.4) is 0 Å². The fourth-order valence-electron chi connectivity index (χ4n) is 4.01. The van der Waals surface area contributed by atoms with Crippen LogP contribution in [0.2, 0.25) is 0 Å². The number of Topliss-reactive ketones (excluding diaryl/α,β-unsaturated/α-hetero) is 3. The van der Waals surface area contributed by atoms with Gasteiger partial charge in [0.25, 0.3) is 0 Å². The van der Waals surface area contributed by atoms with E-state index in [9.17, 15) is 14.4 Å². The van der Waals surface area contributed by atoms with E-state index in [-0.39, 0.29) is 5.78 Å². The standard InChI is InChI=1S/C26H22O3/c1-16(2)17-12-14-19(15-13-17)22(18-8-4-3-5-9-18)26(29)23-24(27)20-10-6-7-11-21(20)25(23)28/h3-16,22-23H,1-2H3/t22-/m0/s1. The molecule has 0 radical (unpaired) electrons. The van der Waals surface area contributed by atoms with Gasteiger partial charge >= 0.3 is 0 Å². The number of hydrogen-bond acceptors (Lipinski definition) is 3. The van der Waals surface area contributed by atoms with Crippen molar-refractivity contribution in [2.75, 3.05) is 0 Å². The fraction of sp³-hybridized carbons (Fsp3) is 0.192. The minimum atomic E-state index is -1.28. The summed E-state index contributed by atoms with van der Waals surface area (Å²) in [6, 6.07) is 23.9. The third kappa shape index (κ3) is 3.33. The number of rotatable bonds is 5. The molecule has 4 rings (SSSR count). The Balaban J connectivity index is 1.77. The summed E-state index contributed by atoms with van der Waals surface area (Å²) in [5.41, 5.74) is 3.44. The van der Waals surface area contributed by atoms with Gasteiger partial charge in [-0.15, -0.1) is 0 Å². The van der Waals surface area contributed by atoms with E-state index < -0.39 is 23.4 Å². The predicted octanol–water partition coefficient (Wildman–Crippen LogP) is 5.21. The molecule has 1 aliphatic rings. The summed E-state index contributed by atoms with van der Waals surface area (Å²) < 4.78 is 0. The summed E-state index contributed by atoms with van der Waals surface area (Å²) in [6.45, 7) is 4.23. The molecule has 144 valence electrons. The normalized spacial score (nSPS) is 14.9. The van der Waals surface area contributed by atoms with Gasteiger partial charge in [-0.3, -0.25) is 14.4 Å². The molecule has 1 atom stereocenters. The third-order valence-electron chi connectivity index (χ3n) is 5.62. The Bertz CT molecular complexity index is 1040. The first-order valence-corrected chi connectivity index (χ1v) is 9.85. The van der Waals surface area contributed by atoms with E-state index in [4.69, 9.17) is 0 Å². The van der Waals surface area contributed by atoms with E-state index in [2.05, 4.69) is 13.8 Å². The van der Waals surface area contributed by atoms with Crippen molar-refractivity contribution in [3.8, 4) is 0 Å². The van der Waals surface area contributed by atoms with Gasteiger partial charge in [-0.1, -0.05) is 92.7 Å². The highest BCUT2D eigenvalue weighted by Crippen LogP contribution is 2.35. The van der Waals surface area contributed by atoms with Crippen LogP contribution >= 0.6 is 0 Å². The van der Waals surface area contributed by atoms with Crippen LogP contribution < -0.4 is 0 Å². The highest BCUT2D eigenvalue weighted by atomic mass is 16.2. The summed E-state index contributed by atoms with van der Waals surface area (Å²) in [5.74, 6) is -2.71.